The highest BCUT2D eigenvalue weighted by Crippen LogP contribution is 2.27. The molecule has 0 bridgehead atoms. The molecule has 1 N–H and O–H groups in total. The smallest absolute Gasteiger partial charge is 0.270 e. The van der Waals surface area contributed by atoms with E-state index in [1.165, 1.54) is 36.4 Å². The first-order valence-electron chi connectivity index (χ1n) is 6.54. The van der Waals surface area contributed by atoms with Gasteiger partial charge in [-0.3, -0.25) is 14.9 Å². The number of nitro groups is 1. The molecule has 1 heterocycles. The molecule has 2 aromatic carbocycles. The van der Waals surface area contributed by atoms with E-state index < -0.39 is 4.92 Å². The summed E-state index contributed by atoms with van der Waals surface area (Å²) in [7, 11) is 1.78. The lowest BCUT2D eigenvalue weighted by molar-refractivity contribution is -0.384. The number of rotatable bonds is 3. The van der Waals surface area contributed by atoms with Gasteiger partial charge in [-0.05, 0) is 30.3 Å². The van der Waals surface area contributed by atoms with Gasteiger partial charge in [0, 0.05) is 47.4 Å². The lowest BCUT2D eigenvalue weighted by atomic mass is 10.0. The molecule has 0 amide bonds. The largest absolute Gasteiger partial charge is 0.508 e. The van der Waals surface area contributed by atoms with Gasteiger partial charge in [0.2, 0.25) is 0 Å². The van der Waals surface area contributed by atoms with Gasteiger partial charge in [-0.25, -0.2) is 0 Å². The molecular formula is C16H12N2O4. The van der Waals surface area contributed by atoms with E-state index in [1.807, 2.05) is 0 Å². The van der Waals surface area contributed by atoms with Crippen molar-refractivity contribution in [2.24, 2.45) is 7.05 Å². The molecule has 3 aromatic rings. The molecule has 3 rings (SSSR count). The van der Waals surface area contributed by atoms with Crippen molar-refractivity contribution in [3.63, 3.8) is 0 Å². The number of ketones is 1. The zero-order valence-corrected chi connectivity index (χ0v) is 11.7. The third-order valence-electron chi connectivity index (χ3n) is 3.56. The Morgan fingerprint density at radius 2 is 1.86 bits per heavy atom. The van der Waals surface area contributed by atoms with E-state index in [0.29, 0.717) is 16.5 Å². The number of carbonyl (C=O) groups excluding carboxylic acids is 1. The van der Waals surface area contributed by atoms with E-state index >= 15 is 0 Å². The van der Waals surface area contributed by atoms with E-state index in [0.717, 1.165) is 5.52 Å². The summed E-state index contributed by atoms with van der Waals surface area (Å²) in [4.78, 5) is 23.0. The monoisotopic (exact) mass is 296 g/mol. The van der Waals surface area contributed by atoms with Crippen molar-refractivity contribution in [3.8, 4) is 5.75 Å². The second kappa shape index (κ2) is 5.00. The lowest BCUT2D eigenvalue weighted by Crippen LogP contribution is -2.00. The fraction of sp³-hybridized carbons (Fsp3) is 0.0625. The van der Waals surface area contributed by atoms with Crippen LogP contribution in [0.1, 0.15) is 15.9 Å². The number of aryl methyl sites for hydroxylation is 1. The van der Waals surface area contributed by atoms with Gasteiger partial charge in [-0.15, -0.1) is 0 Å². The number of carbonyl (C=O) groups is 1. The zero-order valence-electron chi connectivity index (χ0n) is 11.7. The summed E-state index contributed by atoms with van der Waals surface area (Å²) in [6, 6.07) is 10.4. The Morgan fingerprint density at radius 1 is 1.18 bits per heavy atom. The fourth-order valence-electron chi connectivity index (χ4n) is 2.44. The Hall–Kier alpha value is -3.15. The Kier molecular flexibility index (Phi) is 3.14. The molecule has 0 fully saturated rings. The minimum absolute atomic E-state index is 0.0570. The SMILES string of the molecule is Cn1cc(C(=O)c2ccc(O)cc2)c2cc([N+](=O)[O-])ccc21. The number of fused-ring (bicyclic) bond motifs is 1. The van der Waals surface area contributed by atoms with Crippen molar-refractivity contribution in [2.75, 3.05) is 0 Å². The van der Waals surface area contributed by atoms with Crippen LogP contribution in [-0.2, 0) is 7.05 Å². The van der Waals surface area contributed by atoms with Crippen LogP contribution in [0.5, 0.6) is 5.75 Å². The van der Waals surface area contributed by atoms with Crippen molar-refractivity contribution >= 4 is 22.4 Å². The second-order valence-electron chi connectivity index (χ2n) is 4.99. The Bertz CT molecular complexity index is 894. The molecule has 0 spiro atoms. The maximum Gasteiger partial charge on any atom is 0.270 e. The molecule has 0 aliphatic heterocycles. The number of hydrogen-bond acceptors (Lipinski definition) is 4. The minimum Gasteiger partial charge on any atom is -0.508 e. The van der Waals surface area contributed by atoms with Crippen LogP contribution in [0.4, 0.5) is 5.69 Å². The fourth-order valence-corrected chi connectivity index (χ4v) is 2.44. The number of nitrogens with zero attached hydrogens (tertiary/aromatic N) is 2. The van der Waals surface area contributed by atoms with Crippen LogP contribution in [0, 0.1) is 10.1 Å². The molecule has 0 radical (unpaired) electrons. The van der Waals surface area contributed by atoms with Crippen LogP contribution in [0.25, 0.3) is 10.9 Å². The average Bonchev–Trinajstić information content (AvgIpc) is 2.84. The van der Waals surface area contributed by atoms with Gasteiger partial charge in [0.1, 0.15) is 5.75 Å². The number of phenolic OH excluding ortho intramolecular Hbond substituents is 1. The van der Waals surface area contributed by atoms with E-state index in [-0.39, 0.29) is 17.2 Å². The standard InChI is InChI=1S/C16H12N2O4/c1-17-9-14(16(20)10-2-5-12(19)6-3-10)13-8-11(18(21)22)4-7-15(13)17/h2-9,19H,1H3. The average molecular weight is 296 g/mol. The van der Waals surface area contributed by atoms with Crippen LogP contribution in [0.15, 0.2) is 48.7 Å². The van der Waals surface area contributed by atoms with Crippen molar-refractivity contribution in [3.05, 3.63) is 69.9 Å². The Balaban J connectivity index is 2.17. The highest BCUT2D eigenvalue weighted by Gasteiger charge is 2.18. The highest BCUT2D eigenvalue weighted by atomic mass is 16.6. The zero-order chi connectivity index (χ0) is 15.9. The molecule has 0 saturated heterocycles. The number of nitro benzene ring substituents is 1. The number of benzene rings is 2. The van der Waals surface area contributed by atoms with Crippen molar-refractivity contribution in [1.82, 2.24) is 4.57 Å². The third kappa shape index (κ3) is 2.20. The normalized spacial score (nSPS) is 10.8. The lowest BCUT2D eigenvalue weighted by Gasteiger charge is -2.00. The number of aromatic nitrogens is 1. The van der Waals surface area contributed by atoms with E-state index in [9.17, 15) is 20.0 Å². The first-order valence-corrected chi connectivity index (χ1v) is 6.54. The number of non-ortho nitro benzene ring substituents is 1. The molecular weight excluding hydrogens is 284 g/mol. The predicted octanol–water partition coefficient (Wildman–Crippen LogP) is 3.02. The first kappa shape index (κ1) is 13.8. The summed E-state index contributed by atoms with van der Waals surface area (Å²) in [6.07, 6.45) is 1.66. The highest BCUT2D eigenvalue weighted by molar-refractivity contribution is 6.16. The number of hydrogen-bond donors (Lipinski definition) is 1. The molecule has 22 heavy (non-hydrogen) atoms. The summed E-state index contributed by atoms with van der Waals surface area (Å²) in [5.41, 5.74) is 1.50. The van der Waals surface area contributed by atoms with Gasteiger partial charge in [-0.1, -0.05) is 0 Å². The quantitative estimate of drug-likeness (QED) is 0.457. The van der Waals surface area contributed by atoms with E-state index in [4.69, 9.17) is 0 Å². The van der Waals surface area contributed by atoms with Crippen LogP contribution >= 0.6 is 0 Å². The van der Waals surface area contributed by atoms with Gasteiger partial charge in [0.15, 0.2) is 5.78 Å². The van der Waals surface area contributed by atoms with Gasteiger partial charge >= 0.3 is 0 Å². The van der Waals surface area contributed by atoms with Crippen LogP contribution in [-0.4, -0.2) is 20.4 Å². The molecule has 1 aromatic heterocycles. The summed E-state index contributed by atoms with van der Waals surface area (Å²) in [5.74, 6) is -0.170. The summed E-state index contributed by atoms with van der Waals surface area (Å²) < 4.78 is 1.76. The second-order valence-corrected chi connectivity index (χ2v) is 4.99. The predicted molar refractivity (Wildman–Crippen MR) is 81.1 cm³/mol. The molecule has 6 heteroatoms. The summed E-state index contributed by atoms with van der Waals surface area (Å²) >= 11 is 0. The Morgan fingerprint density at radius 3 is 2.50 bits per heavy atom. The third-order valence-corrected chi connectivity index (χ3v) is 3.56. The topological polar surface area (TPSA) is 85.4 Å². The van der Waals surface area contributed by atoms with E-state index in [2.05, 4.69) is 0 Å². The molecule has 0 saturated carbocycles. The van der Waals surface area contributed by atoms with Gasteiger partial charge in [-0.2, -0.15) is 0 Å². The Labute approximate surface area is 125 Å². The van der Waals surface area contributed by atoms with Gasteiger partial charge < -0.3 is 9.67 Å². The van der Waals surface area contributed by atoms with Gasteiger partial charge in [0.25, 0.3) is 5.69 Å². The van der Waals surface area contributed by atoms with Crippen LogP contribution < -0.4 is 0 Å². The van der Waals surface area contributed by atoms with Crippen LogP contribution in [0.3, 0.4) is 0 Å². The molecule has 0 atom stereocenters. The maximum absolute atomic E-state index is 12.6. The molecule has 0 aliphatic carbocycles. The van der Waals surface area contributed by atoms with E-state index in [1.54, 1.807) is 23.9 Å². The molecule has 0 aliphatic rings. The molecule has 6 nitrogen and oxygen atoms in total. The molecule has 110 valence electrons. The van der Waals surface area contributed by atoms with Crippen molar-refractivity contribution in [1.29, 1.82) is 0 Å². The maximum atomic E-state index is 12.6. The summed E-state index contributed by atoms with van der Waals surface area (Å²) in [6.45, 7) is 0. The molecule has 0 unspecified atom stereocenters. The van der Waals surface area contributed by atoms with Crippen molar-refractivity contribution in [2.45, 2.75) is 0 Å². The van der Waals surface area contributed by atoms with Crippen molar-refractivity contribution < 1.29 is 14.8 Å². The first-order chi connectivity index (χ1) is 10.5. The summed E-state index contributed by atoms with van der Waals surface area (Å²) in [5, 5.41) is 20.8. The van der Waals surface area contributed by atoms with Crippen LogP contribution in [0.2, 0.25) is 0 Å². The van der Waals surface area contributed by atoms with Gasteiger partial charge in [0.05, 0.1) is 4.92 Å². The number of phenols is 1. The number of aromatic hydroxyl groups is 1. The minimum atomic E-state index is -0.485.